The summed E-state index contributed by atoms with van der Waals surface area (Å²) in [6.07, 6.45) is 3.29. The fraction of sp³-hybridized carbons (Fsp3) is 1.00. The fourth-order valence-corrected chi connectivity index (χ4v) is 2.19. The largest absolute Gasteiger partial charge is 0.389 e. The molecular formula is C12H26N2O. The van der Waals surface area contributed by atoms with Crippen LogP contribution in [0.15, 0.2) is 0 Å². The minimum Gasteiger partial charge on any atom is -0.389 e. The Morgan fingerprint density at radius 1 is 1.33 bits per heavy atom. The van der Waals surface area contributed by atoms with Crippen LogP contribution in [0.2, 0.25) is 0 Å². The molecule has 15 heavy (non-hydrogen) atoms. The molecule has 0 spiro atoms. The van der Waals surface area contributed by atoms with Crippen LogP contribution in [0, 0.1) is 0 Å². The molecule has 1 N–H and O–H groups in total. The van der Waals surface area contributed by atoms with Gasteiger partial charge in [0, 0.05) is 12.6 Å². The zero-order chi connectivity index (χ0) is 11.5. The summed E-state index contributed by atoms with van der Waals surface area (Å²) in [7, 11) is 4.31. The van der Waals surface area contributed by atoms with Crippen LogP contribution in [0.3, 0.4) is 0 Å². The van der Waals surface area contributed by atoms with Crippen LogP contribution in [0.25, 0.3) is 0 Å². The monoisotopic (exact) mass is 214 g/mol. The molecule has 1 aliphatic rings. The molecule has 1 rings (SSSR count). The number of hydrogen-bond acceptors (Lipinski definition) is 3. The topological polar surface area (TPSA) is 26.7 Å². The van der Waals surface area contributed by atoms with E-state index in [-0.39, 0.29) is 0 Å². The van der Waals surface area contributed by atoms with Gasteiger partial charge in [0.2, 0.25) is 0 Å². The molecule has 1 heterocycles. The second-order valence-corrected chi connectivity index (χ2v) is 5.32. The maximum absolute atomic E-state index is 10.00. The van der Waals surface area contributed by atoms with Gasteiger partial charge in [-0.2, -0.15) is 0 Å². The van der Waals surface area contributed by atoms with E-state index in [0.717, 1.165) is 32.1 Å². The predicted molar refractivity (Wildman–Crippen MR) is 64.1 cm³/mol. The molecule has 0 amide bonds. The normalized spacial score (nSPS) is 24.4. The Labute approximate surface area is 94.1 Å². The predicted octanol–water partition coefficient (Wildman–Crippen LogP) is 1.17. The van der Waals surface area contributed by atoms with Gasteiger partial charge in [-0.05, 0) is 53.4 Å². The second-order valence-electron chi connectivity index (χ2n) is 5.32. The van der Waals surface area contributed by atoms with Crippen molar-refractivity contribution in [1.29, 1.82) is 0 Å². The van der Waals surface area contributed by atoms with E-state index < -0.39 is 5.60 Å². The zero-order valence-corrected chi connectivity index (χ0v) is 10.7. The van der Waals surface area contributed by atoms with Crippen LogP contribution in [-0.2, 0) is 0 Å². The van der Waals surface area contributed by atoms with Crippen LogP contribution in [-0.4, -0.2) is 60.3 Å². The standard InChI is InChI=1S/C12H26N2O/c1-5-12(2,15)10-14-8-6-11(7-9-14)13(3)4/h11,15H,5-10H2,1-4H3. The summed E-state index contributed by atoms with van der Waals surface area (Å²) in [6, 6.07) is 0.729. The van der Waals surface area contributed by atoms with Gasteiger partial charge < -0.3 is 14.9 Å². The van der Waals surface area contributed by atoms with Crippen molar-refractivity contribution in [2.24, 2.45) is 0 Å². The Kier molecular flexibility index (Phi) is 4.56. The molecule has 1 saturated heterocycles. The minimum atomic E-state index is -0.509. The van der Waals surface area contributed by atoms with E-state index >= 15 is 0 Å². The van der Waals surface area contributed by atoms with Crippen molar-refractivity contribution in [2.75, 3.05) is 33.7 Å². The van der Waals surface area contributed by atoms with Crippen molar-refractivity contribution in [1.82, 2.24) is 9.80 Å². The number of β-amino-alcohol motifs (C(OH)–C–C–N with tert-alkyl or cyclic N) is 1. The molecule has 1 unspecified atom stereocenters. The Morgan fingerprint density at radius 2 is 1.87 bits per heavy atom. The van der Waals surface area contributed by atoms with Gasteiger partial charge in [-0.3, -0.25) is 0 Å². The van der Waals surface area contributed by atoms with Gasteiger partial charge in [0.25, 0.3) is 0 Å². The molecule has 0 aromatic carbocycles. The second kappa shape index (κ2) is 5.28. The first-order valence-corrected chi connectivity index (χ1v) is 6.06. The van der Waals surface area contributed by atoms with Gasteiger partial charge in [0.15, 0.2) is 0 Å². The molecule has 1 atom stereocenters. The van der Waals surface area contributed by atoms with Crippen LogP contribution in [0.5, 0.6) is 0 Å². The Balaban J connectivity index is 2.32. The SMILES string of the molecule is CCC(C)(O)CN1CCC(N(C)C)CC1. The van der Waals surface area contributed by atoms with Gasteiger partial charge >= 0.3 is 0 Å². The molecule has 0 aromatic heterocycles. The smallest absolute Gasteiger partial charge is 0.0743 e. The Hall–Kier alpha value is -0.120. The van der Waals surface area contributed by atoms with Gasteiger partial charge in [-0.25, -0.2) is 0 Å². The summed E-state index contributed by atoms with van der Waals surface area (Å²) in [6.45, 7) is 7.05. The average molecular weight is 214 g/mol. The van der Waals surface area contributed by atoms with Crippen molar-refractivity contribution in [2.45, 2.75) is 44.8 Å². The summed E-state index contributed by atoms with van der Waals surface area (Å²) in [4.78, 5) is 4.71. The number of hydrogen-bond donors (Lipinski definition) is 1. The van der Waals surface area contributed by atoms with Gasteiger partial charge in [0.1, 0.15) is 0 Å². The Morgan fingerprint density at radius 3 is 2.27 bits per heavy atom. The molecule has 3 nitrogen and oxygen atoms in total. The maximum Gasteiger partial charge on any atom is 0.0743 e. The maximum atomic E-state index is 10.00. The summed E-state index contributed by atoms with van der Waals surface area (Å²) >= 11 is 0. The number of piperidine rings is 1. The first-order chi connectivity index (χ1) is 6.94. The molecule has 1 fully saturated rings. The third-order valence-electron chi connectivity index (χ3n) is 3.61. The average Bonchev–Trinajstić information content (AvgIpc) is 2.18. The fourth-order valence-electron chi connectivity index (χ4n) is 2.19. The molecule has 0 aromatic rings. The van der Waals surface area contributed by atoms with E-state index in [1.165, 1.54) is 12.8 Å². The Bertz CT molecular complexity index is 184. The highest BCUT2D eigenvalue weighted by atomic mass is 16.3. The third kappa shape index (κ3) is 4.09. The van der Waals surface area contributed by atoms with Crippen molar-refractivity contribution < 1.29 is 5.11 Å². The van der Waals surface area contributed by atoms with E-state index in [4.69, 9.17) is 0 Å². The number of aliphatic hydroxyl groups is 1. The lowest BCUT2D eigenvalue weighted by atomic mass is 9.99. The molecule has 1 aliphatic heterocycles. The third-order valence-corrected chi connectivity index (χ3v) is 3.61. The van der Waals surface area contributed by atoms with Crippen LogP contribution in [0.1, 0.15) is 33.1 Å². The van der Waals surface area contributed by atoms with Crippen LogP contribution in [0.4, 0.5) is 0 Å². The molecule has 0 bridgehead atoms. The lowest BCUT2D eigenvalue weighted by Gasteiger charge is -2.38. The minimum absolute atomic E-state index is 0.509. The summed E-state index contributed by atoms with van der Waals surface area (Å²) in [5.41, 5.74) is -0.509. The van der Waals surface area contributed by atoms with E-state index in [1.54, 1.807) is 0 Å². The molecular weight excluding hydrogens is 188 g/mol. The van der Waals surface area contributed by atoms with Crippen LogP contribution >= 0.6 is 0 Å². The van der Waals surface area contributed by atoms with E-state index in [0.29, 0.717) is 0 Å². The van der Waals surface area contributed by atoms with Crippen LogP contribution < -0.4 is 0 Å². The summed E-state index contributed by atoms with van der Waals surface area (Å²) in [5, 5.41) is 10.00. The van der Waals surface area contributed by atoms with E-state index in [2.05, 4.69) is 23.9 Å². The zero-order valence-electron chi connectivity index (χ0n) is 10.7. The van der Waals surface area contributed by atoms with E-state index in [1.807, 2.05) is 13.8 Å². The number of rotatable bonds is 4. The van der Waals surface area contributed by atoms with Gasteiger partial charge in [0.05, 0.1) is 5.60 Å². The summed E-state index contributed by atoms with van der Waals surface area (Å²) in [5.74, 6) is 0. The summed E-state index contributed by atoms with van der Waals surface area (Å²) < 4.78 is 0. The van der Waals surface area contributed by atoms with Crippen molar-refractivity contribution in [3.8, 4) is 0 Å². The molecule has 0 aliphatic carbocycles. The van der Waals surface area contributed by atoms with E-state index in [9.17, 15) is 5.11 Å². The van der Waals surface area contributed by atoms with Crippen molar-refractivity contribution in [3.05, 3.63) is 0 Å². The first-order valence-electron chi connectivity index (χ1n) is 6.06. The van der Waals surface area contributed by atoms with Crippen molar-refractivity contribution >= 4 is 0 Å². The molecule has 0 saturated carbocycles. The lowest BCUT2D eigenvalue weighted by Crippen LogP contribution is -2.47. The quantitative estimate of drug-likeness (QED) is 0.761. The highest BCUT2D eigenvalue weighted by molar-refractivity contribution is 4.82. The number of nitrogens with zero attached hydrogens (tertiary/aromatic N) is 2. The lowest BCUT2D eigenvalue weighted by molar-refractivity contribution is 0.00440. The molecule has 3 heteroatoms. The highest BCUT2D eigenvalue weighted by Crippen LogP contribution is 2.18. The molecule has 90 valence electrons. The molecule has 0 radical (unpaired) electrons. The number of likely N-dealkylation sites (tertiary alicyclic amines) is 1. The first kappa shape index (κ1) is 12.9. The van der Waals surface area contributed by atoms with Gasteiger partial charge in [-0.15, -0.1) is 0 Å². The highest BCUT2D eigenvalue weighted by Gasteiger charge is 2.26. The van der Waals surface area contributed by atoms with Gasteiger partial charge in [-0.1, -0.05) is 6.92 Å². The van der Waals surface area contributed by atoms with Crippen molar-refractivity contribution in [3.63, 3.8) is 0 Å².